The maximum Gasteiger partial charge on any atom is 0.115 e. The summed E-state index contributed by atoms with van der Waals surface area (Å²) in [6, 6.07) is 0. The van der Waals surface area contributed by atoms with Crippen LogP contribution in [0.1, 0.15) is 38.5 Å². The number of aliphatic hydroxyl groups excluding tert-OH is 1. The first-order valence-electron chi connectivity index (χ1n) is 7.00. The fraction of sp³-hybridized carbons (Fsp3) is 0.786. The van der Waals surface area contributed by atoms with E-state index in [0.29, 0.717) is 23.9 Å². The Morgan fingerprint density at radius 3 is 2.50 bits per heavy atom. The van der Waals surface area contributed by atoms with Crippen LogP contribution in [-0.2, 0) is 11.3 Å². The summed E-state index contributed by atoms with van der Waals surface area (Å²) >= 11 is 6.24. The van der Waals surface area contributed by atoms with Gasteiger partial charge in [0, 0.05) is 7.11 Å². The maximum absolute atomic E-state index is 10.9. The molecule has 0 aliphatic carbocycles. The Hall–Kier alpha value is -0.620. The number of hydrogen-bond acceptors (Lipinski definition) is 4. The van der Waals surface area contributed by atoms with Gasteiger partial charge in [0.15, 0.2) is 0 Å². The van der Waals surface area contributed by atoms with Crippen molar-refractivity contribution in [3.63, 3.8) is 0 Å². The molecule has 1 heterocycles. The number of nitrogens with zero attached hydrogens (tertiary/aromatic N) is 3. The molecular weight excluding hydrogens is 278 g/mol. The fourth-order valence-corrected chi connectivity index (χ4v) is 3.01. The Labute approximate surface area is 126 Å². The normalized spacial score (nSPS) is 14.0. The predicted octanol–water partition coefficient (Wildman–Crippen LogP) is 2.34. The van der Waals surface area contributed by atoms with E-state index in [1.807, 2.05) is 14.1 Å². The highest BCUT2D eigenvalue weighted by molar-refractivity contribution is 6.31. The van der Waals surface area contributed by atoms with Crippen molar-refractivity contribution in [3.8, 4) is 0 Å². The summed E-state index contributed by atoms with van der Waals surface area (Å²) in [5.74, 6) is 0. The van der Waals surface area contributed by atoms with E-state index in [1.54, 1.807) is 18.0 Å². The Balaban J connectivity index is 3.17. The van der Waals surface area contributed by atoms with E-state index in [4.69, 9.17) is 16.3 Å². The summed E-state index contributed by atoms with van der Waals surface area (Å²) < 4.78 is 6.82. The molecule has 1 rings (SSSR count). The summed E-state index contributed by atoms with van der Waals surface area (Å²) in [6.45, 7) is 5.27. The zero-order valence-electron chi connectivity index (χ0n) is 13.1. The molecule has 1 unspecified atom stereocenters. The number of methoxy groups -OCH3 is 1. The van der Waals surface area contributed by atoms with Crippen LogP contribution < -0.4 is 0 Å². The number of likely N-dealkylation sites (N-methyl/N-ethyl adjacent to an activating group) is 1. The minimum atomic E-state index is -0.695. The van der Waals surface area contributed by atoms with Gasteiger partial charge in [-0.15, -0.1) is 0 Å². The largest absolute Gasteiger partial charge is 0.385 e. The van der Waals surface area contributed by atoms with E-state index < -0.39 is 6.10 Å². The zero-order valence-corrected chi connectivity index (χ0v) is 13.8. The SMILES string of the molecule is CCC(CC)(C(O)c1c(Cl)cnn1CCOC)N(C)C. The van der Waals surface area contributed by atoms with E-state index in [0.717, 1.165) is 12.8 Å². The van der Waals surface area contributed by atoms with Gasteiger partial charge in [-0.1, -0.05) is 25.4 Å². The number of aliphatic hydroxyl groups is 1. The Kier molecular flexibility index (Phi) is 6.45. The molecule has 20 heavy (non-hydrogen) atoms. The number of aromatic nitrogens is 2. The number of halogens is 1. The second kappa shape index (κ2) is 7.41. The van der Waals surface area contributed by atoms with Crippen molar-refractivity contribution in [1.29, 1.82) is 0 Å². The van der Waals surface area contributed by atoms with Crippen LogP contribution in [-0.4, -0.2) is 53.1 Å². The van der Waals surface area contributed by atoms with Crippen molar-refractivity contribution in [2.75, 3.05) is 27.8 Å². The fourth-order valence-electron chi connectivity index (χ4n) is 2.77. The summed E-state index contributed by atoms with van der Waals surface area (Å²) in [4.78, 5) is 2.07. The molecule has 0 aliphatic rings. The topological polar surface area (TPSA) is 50.5 Å². The molecule has 0 radical (unpaired) electrons. The van der Waals surface area contributed by atoms with E-state index >= 15 is 0 Å². The predicted molar refractivity (Wildman–Crippen MR) is 81.1 cm³/mol. The number of rotatable bonds is 8. The summed E-state index contributed by atoms with van der Waals surface area (Å²) in [5, 5.41) is 15.7. The van der Waals surface area contributed by atoms with Gasteiger partial charge in [-0.2, -0.15) is 5.10 Å². The lowest BCUT2D eigenvalue weighted by molar-refractivity contribution is -0.0203. The molecule has 1 atom stereocenters. The Bertz CT molecular complexity index is 417. The van der Waals surface area contributed by atoms with Crippen LogP contribution in [0.2, 0.25) is 5.02 Å². The minimum absolute atomic E-state index is 0.353. The second-order valence-electron chi connectivity index (χ2n) is 5.20. The lowest BCUT2D eigenvalue weighted by Crippen LogP contribution is -2.49. The molecule has 0 aromatic carbocycles. The van der Waals surface area contributed by atoms with Crippen molar-refractivity contribution in [1.82, 2.24) is 14.7 Å². The van der Waals surface area contributed by atoms with Gasteiger partial charge in [-0.25, -0.2) is 0 Å². The molecule has 6 heteroatoms. The van der Waals surface area contributed by atoms with Crippen LogP contribution in [0, 0.1) is 0 Å². The molecule has 5 nitrogen and oxygen atoms in total. The average Bonchev–Trinajstić information content (AvgIpc) is 2.78. The number of ether oxygens (including phenoxy) is 1. The van der Waals surface area contributed by atoms with Crippen molar-refractivity contribution < 1.29 is 9.84 Å². The smallest absolute Gasteiger partial charge is 0.115 e. The highest BCUT2D eigenvalue weighted by Crippen LogP contribution is 2.38. The van der Waals surface area contributed by atoms with Gasteiger partial charge in [0.2, 0.25) is 0 Å². The van der Waals surface area contributed by atoms with E-state index in [1.165, 1.54) is 0 Å². The van der Waals surface area contributed by atoms with Gasteiger partial charge < -0.3 is 14.7 Å². The van der Waals surface area contributed by atoms with Gasteiger partial charge in [0.05, 0.1) is 35.6 Å². The molecule has 0 fully saturated rings. The standard InChI is InChI=1S/C14H26ClN3O2/c1-6-14(7-2,17(3)4)13(19)12-11(15)10-16-18(12)8-9-20-5/h10,13,19H,6-9H2,1-5H3. The second-order valence-corrected chi connectivity index (χ2v) is 5.61. The average molecular weight is 304 g/mol. The molecular formula is C14H26ClN3O2. The third kappa shape index (κ3) is 3.17. The third-order valence-electron chi connectivity index (χ3n) is 4.22. The van der Waals surface area contributed by atoms with E-state index in [-0.39, 0.29) is 5.54 Å². The molecule has 1 N–H and O–H groups in total. The van der Waals surface area contributed by atoms with Crippen LogP contribution in [0.4, 0.5) is 0 Å². The first kappa shape index (κ1) is 17.4. The van der Waals surface area contributed by atoms with Gasteiger partial charge in [0.1, 0.15) is 6.10 Å². The molecule has 0 spiro atoms. The van der Waals surface area contributed by atoms with Gasteiger partial charge in [-0.3, -0.25) is 4.68 Å². The lowest BCUT2D eigenvalue weighted by Gasteiger charge is -2.42. The summed E-state index contributed by atoms with van der Waals surface area (Å²) in [7, 11) is 5.61. The van der Waals surface area contributed by atoms with Crippen LogP contribution in [0.5, 0.6) is 0 Å². The van der Waals surface area contributed by atoms with Crippen LogP contribution in [0.25, 0.3) is 0 Å². The lowest BCUT2D eigenvalue weighted by atomic mass is 9.83. The van der Waals surface area contributed by atoms with Crippen molar-refractivity contribution in [2.24, 2.45) is 0 Å². The Morgan fingerprint density at radius 2 is 2.05 bits per heavy atom. The highest BCUT2D eigenvalue weighted by atomic mass is 35.5. The minimum Gasteiger partial charge on any atom is -0.385 e. The molecule has 0 bridgehead atoms. The molecule has 1 aromatic heterocycles. The first-order chi connectivity index (χ1) is 9.44. The molecule has 1 aromatic rings. The Morgan fingerprint density at radius 1 is 1.45 bits per heavy atom. The van der Waals surface area contributed by atoms with Crippen LogP contribution in [0.15, 0.2) is 6.20 Å². The molecule has 0 saturated heterocycles. The van der Waals surface area contributed by atoms with Gasteiger partial charge in [0.25, 0.3) is 0 Å². The van der Waals surface area contributed by atoms with Gasteiger partial charge in [-0.05, 0) is 26.9 Å². The molecule has 0 saturated carbocycles. The summed E-state index contributed by atoms with van der Waals surface area (Å²) in [6.07, 6.45) is 2.54. The molecule has 0 aliphatic heterocycles. The quantitative estimate of drug-likeness (QED) is 0.801. The van der Waals surface area contributed by atoms with E-state index in [2.05, 4.69) is 23.8 Å². The zero-order chi connectivity index (χ0) is 15.3. The van der Waals surface area contributed by atoms with Crippen LogP contribution in [0.3, 0.4) is 0 Å². The van der Waals surface area contributed by atoms with Crippen molar-refractivity contribution in [3.05, 3.63) is 16.9 Å². The first-order valence-corrected chi connectivity index (χ1v) is 7.38. The van der Waals surface area contributed by atoms with E-state index in [9.17, 15) is 5.11 Å². The van der Waals surface area contributed by atoms with Crippen molar-refractivity contribution >= 4 is 11.6 Å². The highest BCUT2D eigenvalue weighted by Gasteiger charge is 2.40. The third-order valence-corrected chi connectivity index (χ3v) is 4.51. The molecule has 116 valence electrons. The molecule has 0 amide bonds. The monoisotopic (exact) mass is 303 g/mol. The van der Waals surface area contributed by atoms with Crippen LogP contribution >= 0.6 is 11.6 Å². The number of hydrogen-bond donors (Lipinski definition) is 1. The van der Waals surface area contributed by atoms with Crippen molar-refractivity contribution in [2.45, 2.75) is 44.9 Å². The van der Waals surface area contributed by atoms with Gasteiger partial charge >= 0.3 is 0 Å². The maximum atomic E-state index is 10.9. The summed E-state index contributed by atoms with van der Waals surface area (Å²) in [5.41, 5.74) is 0.315.